The summed E-state index contributed by atoms with van der Waals surface area (Å²) >= 11 is 0. The fourth-order valence-corrected chi connectivity index (χ4v) is 5.93. The summed E-state index contributed by atoms with van der Waals surface area (Å²) in [4.78, 5) is 15.3. The van der Waals surface area contributed by atoms with Crippen molar-refractivity contribution in [3.8, 4) is 0 Å². The van der Waals surface area contributed by atoms with Crippen molar-refractivity contribution in [2.75, 3.05) is 5.73 Å². The molecule has 0 saturated heterocycles. The maximum atomic E-state index is 11.8. The van der Waals surface area contributed by atoms with Crippen molar-refractivity contribution in [2.24, 2.45) is 17.8 Å². The number of H-pyrrole nitrogens is 1. The number of hydrogen-bond donors (Lipinski definition) is 2. The minimum Gasteiger partial charge on any atom is -0.397 e. The smallest absolute Gasteiger partial charge is 0.163 e. The minimum absolute atomic E-state index is 0.0900. The number of nitrogens with one attached hydrogen (secondary N) is 1. The van der Waals surface area contributed by atoms with Crippen LogP contribution in [0.15, 0.2) is 0 Å². The van der Waals surface area contributed by atoms with Crippen molar-refractivity contribution < 1.29 is 4.79 Å². The zero-order chi connectivity index (χ0) is 14.1. The van der Waals surface area contributed by atoms with Crippen LogP contribution in [-0.4, -0.2) is 10.8 Å². The minimum atomic E-state index is 0.0900. The van der Waals surface area contributed by atoms with E-state index < -0.39 is 0 Å². The number of aromatic nitrogens is 1. The Labute approximate surface area is 120 Å². The highest BCUT2D eigenvalue weighted by Gasteiger charge is 2.53. The molecule has 1 heterocycles. The SMILES string of the molecule is CC(=O)c1c(C)[nH]c(C23CC4CC(CC(C4)C2)C3)c1N. The fourth-order valence-electron chi connectivity index (χ4n) is 5.93. The van der Waals surface area contributed by atoms with Crippen LogP contribution in [0.4, 0.5) is 5.69 Å². The lowest BCUT2D eigenvalue weighted by atomic mass is 9.48. The van der Waals surface area contributed by atoms with Crippen molar-refractivity contribution in [2.45, 2.75) is 57.8 Å². The van der Waals surface area contributed by atoms with Crippen LogP contribution in [0, 0.1) is 24.7 Å². The van der Waals surface area contributed by atoms with Gasteiger partial charge in [-0.05, 0) is 70.1 Å². The average molecular weight is 272 g/mol. The molecular formula is C17H24N2O. The van der Waals surface area contributed by atoms with Crippen LogP contribution in [0.2, 0.25) is 0 Å². The first-order valence-electron chi connectivity index (χ1n) is 7.98. The van der Waals surface area contributed by atoms with E-state index in [1.807, 2.05) is 6.92 Å². The number of hydrogen-bond acceptors (Lipinski definition) is 2. The molecule has 0 radical (unpaired) electrons. The number of anilines is 1. The van der Waals surface area contributed by atoms with Gasteiger partial charge in [-0.3, -0.25) is 4.79 Å². The predicted octanol–water partition coefficient (Wildman–Crippen LogP) is 3.58. The Hall–Kier alpha value is -1.25. The Morgan fingerprint density at radius 1 is 1.15 bits per heavy atom. The van der Waals surface area contributed by atoms with E-state index in [2.05, 4.69) is 4.98 Å². The third-order valence-electron chi connectivity index (χ3n) is 6.15. The summed E-state index contributed by atoms with van der Waals surface area (Å²) < 4.78 is 0. The maximum Gasteiger partial charge on any atom is 0.163 e. The predicted molar refractivity (Wildman–Crippen MR) is 79.8 cm³/mol. The molecule has 0 amide bonds. The van der Waals surface area contributed by atoms with Gasteiger partial charge in [0.25, 0.3) is 0 Å². The van der Waals surface area contributed by atoms with E-state index in [4.69, 9.17) is 5.73 Å². The molecule has 4 aliphatic carbocycles. The molecule has 3 nitrogen and oxygen atoms in total. The number of carbonyl (C=O) groups excluding carboxylic acids is 1. The monoisotopic (exact) mass is 272 g/mol. The number of ketones is 1. The zero-order valence-electron chi connectivity index (χ0n) is 12.5. The highest BCUT2D eigenvalue weighted by atomic mass is 16.1. The van der Waals surface area contributed by atoms with Crippen LogP contribution in [0.25, 0.3) is 0 Å². The lowest BCUT2D eigenvalue weighted by molar-refractivity contribution is -0.00664. The van der Waals surface area contributed by atoms with Crippen molar-refractivity contribution in [1.29, 1.82) is 0 Å². The molecule has 4 saturated carbocycles. The Morgan fingerprint density at radius 3 is 2.05 bits per heavy atom. The fraction of sp³-hybridized carbons (Fsp3) is 0.706. The van der Waals surface area contributed by atoms with Gasteiger partial charge in [0.15, 0.2) is 5.78 Å². The van der Waals surface area contributed by atoms with E-state index in [1.54, 1.807) is 6.92 Å². The number of nitrogens with two attached hydrogens (primary N) is 1. The molecule has 3 heteroatoms. The number of rotatable bonds is 2. The molecule has 0 unspecified atom stereocenters. The first-order chi connectivity index (χ1) is 9.48. The van der Waals surface area contributed by atoms with Crippen molar-refractivity contribution in [3.05, 3.63) is 17.0 Å². The summed E-state index contributed by atoms with van der Waals surface area (Å²) in [5, 5.41) is 0. The first kappa shape index (κ1) is 12.5. The Bertz CT molecular complexity index is 549. The van der Waals surface area contributed by atoms with Gasteiger partial charge in [-0.25, -0.2) is 0 Å². The Balaban J connectivity index is 1.81. The number of carbonyl (C=O) groups is 1. The van der Waals surface area contributed by atoms with Crippen LogP contribution in [0.3, 0.4) is 0 Å². The number of Topliss-reactive ketones (excluding diaryl/α,β-unsaturated/α-hetero) is 1. The molecule has 108 valence electrons. The highest BCUT2D eigenvalue weighted by Crippen LogP contribution is 2.61. The van der Waals surface area contributed by atoms with Gasteiger partial charge >= 0.3 is 0 Å². The molecule has 4 bridgehead atoms. The number of aryl methyl sites for hydroxylation is 1. The summed E-state index contributed by atoms with van der Waals surface area (Å²) in [6.07, 6.45) is 8.12. The van der Waals surface area contributed by atoms with Gasteiger partial charge in [0.2, 0.25) is 0 Å². The molecule has 3 N–H and O–H groups in total. The van der Waals surface area contributed by atoms with Gasteiger partial charge in [0, 0.05) is 16.8 Å². The summed E-state index contributed by atoms with van der Waals surface area (Å²) in [6, 6.07) is 0. The maximum absolute atomic E-state index is 11.8. The van der Waals surface area contributed by atoms with Crippen LogP contribution in [0.5, 0.6) is 0 Å². The summed E-state index contributed by atoms with van der Waals surface area (Å²) in [6.45, 7) is 3.60. The van der Waals surface area contributed by atoms with Crippen LogP contribution in [-0.2, 0) is 5.41 Å². The Kier molecular flexibility index (Phi) is 2.43. The van der Waals surface area contributed by atoms with E-state index >= 15 is 0 Å². The van der Waals surface area contributed by atoms with E-state index in [9.17, 15) is 4.79 Å². The molecular weight excluding hydrogens is 248 g/mol. The summed E-state index contributed by atoms with van der Waals surface area (Å²) in [5.74, 6) is 2.77. The van der Waals surface area contributed by atoms with E-state index in [1.165, 1.54) is 44.2 Å². The standard InChI is InChI=1S/C17H24N2O/c1-9-14(10(2)20)15(18)16(19-9)17-6-11-3-12(7-17)5-13(4-11)8-17/h11-13,19H,3-8,18H2,1-2H3. The average Bonchev–Trinajstić information content (AvgIpc) is 2.63. The van der Waals surface area contributed by atoms with Crippen molar-refractivity contribution >= 4 is 11.5 Å². The lowest BCUT2D eigenvalue weighted by Crippen LogP contribution is -2.49. The second kappa shape index (κ2) is 3.90. The van der Waals surface area contributed by atoms with Crippen LogP contribution < -0.4 is 5.73 Å². The normalized spacial score (nSPS) is 38.4. The Morgan fingerprint density at radius 2 is 1.65 bits per heavy atom. The number of nitrogen functional groups attached to an aromatic ring is 1. The van der Waals surface area contributed by atoms with Gasteiger partial charge in [0.05, 0.1) is 11.3 Å². The second-order valence-electron chi connectivity index (χ2n) is 7.67. The lowest BCUT2D eigenvalue weighted by Gasteiger charge is -2.56. The summed E-state index contributed by atoms with van der Waals surface area (Å²) in [5.41, 5.74) is 10.3. The van der Waals surface area contributed by atoms with Crippen molar-refractivity contribution in [3.63, 3.8) is 0 Å². The van der Waals surface area contributed by atoms with Gasteiger partial charge < -0.3 is 10.7 Å². The first-order valence-corrected chi connectivity index (χ1v) is 7.98. The molecule has 0 atom stereocenters. The molecule has 1 aromatic rings. The van der Waals surface area contributed by atoms with Crippen LogP contribution >= 0.6 is 0 Å². The molecule has 0 spiro atoms. The molecule has 0 aromatic carbocycles. The summed E-state index contributed by atoms with van der Waals surface area (Å²) in [7, 11) is 0. The zero-order valence-corrected chi connectivity index (χ0v) is 12.5. The molecule has 5 rings (SSSR count). The van der Waals surface area contributed by atoms with Gasteiger partial charge in [-0.2, -0.15) is 0 Å². The van der Waals surface area contributed by atoms with E-state index in [0.717, 1.165) is 34.7 Å². The molecule has 4 fully saturated rings. The molecule has 20 heavy (non-hydrogen) atoms. The van der Waals surface area contributed by atoms with Crippen molar-refractivity contribution in [1.82, 2.24) is 4.98 Å². The highest BCUT2D eigenvalue weighted by molar-refractivity contribution is 6.01. The molecule has 0 aliphatic heterocycles. The second-order valence-corrected chi connectivity index (χ2v) is 7.67. The van der Waals surface area contributed by atoms with E-state index in [-0.39, 0.29) is 11.2 Å². The topological polar surface area (TPSA) is 58.9 Å². The van der Waals surface area contributed by atoms with E-state index in [0.29, 0.717) is 0 Å². The third kappa shape index (κ3) is 1.55. The van der Waals surface area contributed by atoms with Crippen LogP contribution in [0.1, 0.15) is 67.2 Å². The third-order valence-corrected chi connectivity index (χ3v) is 6.15. The number of aromatic amines is 1. The quantitative estimate of drug-likeness (QED) is 0.808. The van der Waals surface area contributed by atoms with Gasteiger partial charge in [-0.1, -0.05) is 0 Å². The van der Waals surface area contributed by atoms with Gasteiger partial charge in [-0.15, -0.1) is 0 Å². The van der Waals surface area contributed by atoms with Gasteiger partial charge in [0.1, 0.15) is 0 Å². The largest absolute Gasteiger partial charge is 0.397 e. The molecule has 4 aliphatic rings. The molecule has 1 aromatic heterocycles.